The second-order valence-corrected chi connectivity index (χ2v) is 5.86. The van der Waals surface area contributed by atoms with Gasteiger partial charge in [0.05, 0.1) is 11.6 Å². The van der Waals surface area contributed by atoms with Crippen LogP contribution >= 0.6 is 0 Å². The van der Waals surface area contributed by atoms with E-state index in [0.717, 1.165) is 16.3 Å². The quantitative estimate of drug-likeness (QED) is 0.716. The summed E-state index contributed by atoms with van der Waals surface area (Å²) in [6.07, 6.45) is 0. The molecule has 0 aliphatic rings. The van der Waals surface area contributed by atoms with Crippen molar-refractivity contribution in [2.45, 2.75) is 6.54 Å². The van der Waals surface area contributed by atoms with Gasteiger partial charge >= 0.3 is 0 Å². The maximum absolute atomic E-state index is 12.3. The van der Waals surface area contributed by atoms with Gasteiger partial charge in [-0.1, -0.05) is 42.5 Å². The van der Waals surface area contributed by atoms with Crippen molar-refractivity contribution in [2.24, 2.45) is 0 Å². The molecule has 124 valence electrons. The van der Waals surface area contributed by atoms with Crippen LogP contribution in [0.3, 0.4) is 0 Å². The summed E-state index contributed by atoms with van der Waals surface area (Å²) in [7, 11) is 1.74. The highest BCUT2D eigenvalue weighted by Gasteiger charge is 2.10. The van der Waals surface area contributed by atoms with E-state index in [-0.39, 0.29) is 12.5 Å². The van der Waals surface area contributed by atoms with Crippen LogP contribution in [0.1, 0.15) is 11.1 Å². The Kier molecular flexibility index (Phi) is 4.96. The lowest BCUT2D eigenvalue weighted by molar-refractivity contribution is -0.132. The summed E-state index contributed by atoms with van der Waals surface area (Å²) in [6, 6.07) is 23.1. The summed E-state index contributed by atoms with van der Waals surface area (Å²) in [4.78, 5) is 13.9. The minimum Gasteiger partial charge on any atom is -0.484 e. The van der Waals surface area contributed by atoms with E-state index in [1.54, 1.807) is 24.1 Å². The Labute approximate surface area is 146 Å². The third-order valence-electron chi connectivity index (χ3n) is 4.01. The first kappa shape index (κ1) is 16.5. The third kappa shape index (κ3) is 4.15. The van der Waals surface area contributed by atoms with E-state index in [1.807, 2.05) is 54.6 Å². The fourth-order valence-electron chi connectivity index (χ4n) is 2.56. The van der Waals surface area contributed by atoms with Gasteiger partial charge in [0, 0.05) is 13.6 Å². The van der Waals surface area contributed by atoms with Gasteiger partial charge in [-0.2, -0.15) is 5.26 Å². The van der Waals surface area contributed by atoms with Crippen LogP contribution in [0.5, 0.6) is 5.75 Å². The second-order valence-electron chi connectivity index (χ2n) is 5.86. The van der Waals surface area contributed by atoms with E-state index in [1.165, 1.54) is 0 Å². The van der Waals surface area contributed by atoms with Gasteiger partial charge in [0.15, 0.2) is 6.61 Å². The number of hydrogen-bond donors (Lipinski definition) is 0. The van der Waals surface area contributed by atoms with Gasteiger partial charge < -0.3 is 9.64 Å². The van der Waals surface area contributed by atoms with Crippen LogP contribution in [0, 0.1) is 11.3 Å². The van der Waals surface area contributed by atoms with E-state index < -0.39 is 0 Å². The van der Waals surface area contributed by atoms with Crippen molar-refractivity contribution in [1.29, 1.82) is 5.26 Å². The van der Waals surface area contributed by atoms with Crippen molar-refractivity contribution in [2.75, 3.05) is 13.7 Å². The smallest absolute Gasteiger partial charge is 0.260 e. The van der Waals surface area contributed by atoms with Crippen molar-refractivity contribution >= 4 is 16.7 Å². The van der Waals surface area contributed by atoms with Crippen molar-refractivity contribution in [1.82, 2.24) is 4.90 Å². The van der Waals surface area contributed by atoms with E-state index >= 15 is 0 Å². The summed E-state index contributed by atoms with van der Waals surface area (Å²) < 4.78 is 5.64. The van der Waals surface area contributed by atoms with Crippen LogP contribution in [0.25, 0.3) is 10.8 Å². The highest BCUT2D eigenvalue weighted by molar-refractivity contribution is 5.84. The molecule has 0 spiro atoms. The number of nitriles is 1. The van der Waals surface area contributed by atoms with Crippen LogP contribution in [0.2, 0.25) is 0 Å². The predicted molar refractivity (Wildman–Crippen MR) is 97.1 cm³/mol. The molecule has 0 aromatic heterocycles. The molecule has 0 saturated heterocycles. The minimum atomic E-state index is -0.0995. The minimum absolute atomic E-state index is 0.00881. The molecule has 3 aromatic carbocycles. The molecule has 0 N–H and O–H groups in total. The molecule has 1 amide bonds. The summed E-state index contributed by atoms with van der Waals surface area (Å²) in [6.45, 7) is 0.469. The van der Waals surface area contributed by atoms with Gasteiger partial charge in [-0.25, -0.2) is 0 Å². The SMILES string of the molecule is CN(Cc1ccc(C#N)cc1)C(=O)COc1ccc2ccccc2c1. The molecule has 0 atom stereocenters. The van der Waals surface area contributed by atoms with Crippen LogP contribution in [0.15, 0.2) is 66.7 Å². The lowest BCUT2D eigenvalue weighted by atomic mass is 10.1. The normalized spacial score (nSPS) is 10.2. The van der Waals surface area contributed by atoms with E-state index in [9.17, 15) is 4.79 Å². The number of rotatable bonds is 5. The molecule has 0 radical (unpaired) electrons. The van der Waals surface area contributed by atoms with Crippen molar-refractivity contribution in [3.8, 4) is 11.8 Å². The number of nitrogens with zero attached hydrogens (tertiary/aromatic N) is 2. The zero-order valence-electron chi connectivity index (χ0n) is 14.0. The van der Waals surface area contributed by atoms with Gasteiger partial charge in [0.25, 0.3) is 5.91 Å². The zero-order chi connectivity index (χ0) is 17.6. The molecule has 0 unspecified atom stereocenters. The van der Waals surface area contributed by atoms with Crippen LogP contribution < -0.4 is 4.74 Å². The molecular formula is C21H18N2O2. The summed E-state index contributed by atoms with van der Waals surface area (Å²) in [5.74, 6) is 0.580. The average molecular weight is 330 g/mol. The Hall–Kier alpha value is -3.32. The second kappa shape index (κ2) is 7.50. The lowest BCUT2D eigenvalue weighted by Crippen LogP contribution is -2.30. The molecule has 0 aliphatic carbocycles. The maximum Gasteiger partial charge on any atom is 0.260 e. The van der Waals surface area contributed by atoms with Gasteiger partial charge in [-0.3, -0.25) is 4.79 Å². The number of hydrogen-bond acceptors (Lipinski definition) is 3. The maximum atomic E-state index is 12.3. The Balaban J connectivity index is 1.57. The van der Waals surface area contributed by atoms with Crippen molar-refractivity contribution in [3.05, 3.63) is 77.9 Å². The Morgan fingerprint density at radius 2 is 1.76 bits per heavy atom. The summed E-state index contributed by atoms with van der Waals surface area (Å²) in [5.41, 5.74) is 1.58. The summed E-state index contributed by atoms with van der Waals surface area (Å²) >= 11 is 0. The first-order chi connectivity index (χ1) is 12.2. The lowest BCUT2D eigenvalue weighted by Gasteiger charge is -2.17. The Bertz CT molecular complexity index is 927. The van der Waals surface area contributed by atoms with Gasteiger partial charge in [-0.15, -0.1) is 0 Å². The Morgan fingerprint density at radius 3 is 2.48 bits per heavy atom. The molecule has 3 aromatic rings. The first-order valence-electron chi connectivity index (χ1n) is 8.00. The highest BCUT2D eigenvalue weighted by atomic mass is 16.5. The molecule has 3 rings (SSSR count). The molecule has 4 nitrogen and oxygen atoms in total. The molecule has 0 heterocycles. The van der Waals surface area contributed by atoms with Gasteiger partial charge in [0.2, 0.25) is 0 Å². The molecule has 0 fully saturated rings. The third-order valence-corrected chi connectivity index (χ3v) is 4.01. The van der Waals surface area contributed by atoms with Gasteiger partial charge in [0.1, 0.15) is 5.75 Å². The standard InChI is InChI=1S/C21H18N2O2/c1-23(14-17-8-6-16(13-22)7-9-17)21(24)15-25-20-11-10-18-4-2-3-5-19(18)12-20/h2-12H,14-15H2,1H3. The molecule has 25 heavy (non-hydrogen) atoms. The first-order valence-corrected chi connectivity index (χ1v) is 8.00. The molecule has 0 saturated carbocycles. The van der Waals surface area contributed by atoms with Gasteiger partial charge in [-0.05, 0) is 40.6 Å². The fourth-order valence-corrected chi connectivity index (χ4v) is 2.56. The number of fused-ring (bicyclic) bond motifs is 1. The summed E-state index contributed by atoms with van der Waals surface area (Å²) in [5, 5.41) is 11.0. The fraction of sp³-hybridized carbons (Fsp3) is 0.143. The molecular weight excluding hydrogens is 312 g/mol. The topological polar surface area (TPSA) is 53.3 Å². The van der Waals surface area contributed by atoms with Crippen molar-refractivity contribution < 1.29 is 9.53 Å². The number of ether oxygens (including phenoxy) is 1. The van der Waals surface area contributed by atoms with Crippen LogP contribution in [0.4, 0.5) is 0 Å². The molecule has 4 heteroatoms. The number of benzene rings is 3. The monoisotopic (exact) mass is 330 g/mol. The average Bonchev–Trinajstić information content (AvgIpc) is 2.66. The number of likely N-dealkylation sites (N-methyl/N-ethyl adjacent to an activating group) is 1. The Morgan fingerprint density at radius 1 is 1.04 bits per heavy atom. The van der Waals surface area contributed by atoms with E-state index in [4.69, 9.17) is 10.00 Å². The van der Waals surface area contributed by atoms with Crippen LogP contribution in [-0.2, 0) is 11.3 Å². The number of carbonyl (C=O) groups excluding carboxylic acids is 1. The number of amides is 1. The highest BCUT2D eigenvalue weighted by Crippen LogP contribution is 2.20. The van der Waals surface area contributed by atoms with Crippen molar-refractivity contribution in [3.63, 3.8) is 0 Å². The zero-order valence-corrected chi connectivity index (χ0v) is 14.0. The van der Waals surface area contributed by atoms with Crippen LogP contribution in [-0.4, -0.2) is 24.5 Å². The number of carbonyl (C=O) groups is 1. The van der Waals surface area contributed by atoms with E-state index in [0.29, 0.717) is 17.9 Å². The van der Waals surface area contributed by atoms with E-state index in [2.05, 4.69) is 6.07 Å². The largest absolute Gasteiger partial charge is 0.484 e. The predicted octanol–water partition coefficient (Wildman–Crippen LogP) is 3.75. The molecule has 0 aliphatic heterocycles. The molecule has 0 bridgehead atoms.